The van der Waals surface area contributed by atoms with Crippen molar-refractivity contribution in [2.24, 2.45) is 0 Å². The zero-order valence-corrected chi connectivity index (χ0v) is 14.3. The summed E-state index contributed by atoms with van der Waals surface area (Å²) in [4.78, 5) is 8.82. The number of nitrogens with one attached hydrogen (secondary N) is 2. The largest absolute Gasteiger partial charge is 0.354 e. The molecule has 1 aromatic carbocycles. The van der Waals surface area contributed by atoms with Gasteiger partial charge in [0.2, 0.25) is 5.95 Å². The average Bonchev–Trinajstić information content (AvgIpc) is 2.39. The lowest BCUT2D eigenvalue weighted by molar-refractivity contribution is 0.947. The molecule has 0 aliphatic heterocycles. The van der Waals surface area contributed by atoms with Gasteiger partial charge in [0.1, 0.15) is 5.82 Å². The van der Waals surface area contributed by atoms with E-state index in [4.69, 9.17) is 11.6 Å². The van der Waals surface area contributed by atoms with Crippen LogP contribution in [0.4, 0.5) is 17.5 Å². The minimum Gasteiger partial charge on any atom is -0.354 e. The predicted octanol–water partition coefficient (Wildman–Crippen LogP) is 4.61. The molecular formula is C14H16ClIN4. The van der Waals surface area contributed by atoms with E-state index in [0.29, 0.717) is 5.95 Å². The summed E-state index contributed by atoms with van der Waals surface area (Å²) in [6.07, 6.45) is 1.04. The van der Waals surface area contributed by atoms with Gasteiger partial charge in [0.05, 0.1) is 5.69 Å². The van der Waals surface area contributed by atoms with Crippen LogP contribution < -0.4 is 10.6 Å². The van der Waals surface area contributed by atoms with Gasteiger partial charge in [-0.3, -0.25) is 0 Å². The van der Waals surface area contributed by atoms with E-state index in [0.717, 1.165) is 38.8 Å². The van der Waals surface area contributed by atoms with Crippen molar-refractivity contribution >= 4 is 51.6 Å². The second-order valence-corrected chi connectivity index (χ2v) is 5.99. The molecule has 0 saturated heterocycles. The van der Waals surface area contributed by atoms with Crippen LogP contribution in [0, 0.1) is 10.5 Å². The van der Waals surface area contributed by atoms with Crippen LogP contribution in [0.25, 0.3) is 0 Å². The molecule has 0 aliphatic rings. The van der Waals surface area contributed by atoms with Crippen molar-refractivity contribution in [1.82, 2.24) is 9.97 Å². The van der Waals surface area contributed by atoms with Crippen molar-refractivity contribution in [3.05, 3.63) is 38.6 Å². The minimum absolute atomic E-state index is 0.651. The van der Waals surface area contributed by atoms with Crippen LogP contribution in [-0.4, -0.2) is 16.5 Å². The van der Waals surface area contributed by atoms with Crippen molar-refractivity contribution in [3.8, 4) is 0 Å². The summed E-state index contributed by atoms with van der Waals surface area (Å²) >= 11 is 8.21. The molecular weight excluding hydrogens is 387 g/mol. The van der Waals surface area contributed by atoms with Gasteiger partial charge < -0.3 is 10.6 Å². The maximum atomic E-state index is 5.96. The minimum atomic E-state index is 0.651. The Morgan fingerprint density at radius 3 is 2.75 bits per heavy atom. The fourth-order valence-corrected chi connectivity index (χ4v) is 2.68. The molecule has 0 bridgehead atoms. The summed E-state index contributed by atoms with van der Waals surface area (Å²) in [5, 5.41) is 7.23. The van der Waals surface area contributed by atoms with E-state index in [2.05, 4.69) is 50.1 Å². The van der Waals surface area contributed by atoms with Crippen molar-refractivity contribution in [3.63, 3.8) is 0 Å². The van der Waals surface area contributed by atoms with Crippen molar-refractivity contribution in [2.75, 3.05) is 17.2 Å². The highest BCUT2D eigenvalue weighted by atomic mass is 127. The van der Waals surface area contributed by atoms with Gasteiger partial charge in [-0.15, -0.1) is 0 Å². The van der Waals surface area contributed by atoms with Gasteiger partial charge >= 0.3 is 0 Å². The molecule has 0 atom stereocenters. The maximum Gasteiger partial charge on any atom is 0.224 e. The van der Waals surface area contributed by atoms with Crippen LogP contribution in [0.5, 0.6) is 0 Å². The van der Waals surface area contributed by atoms with E-state index in [1.54, 1.807) is 0 Å². The van der Waals surface area contributed by atoms with Gasteiger partial charge in [-0.05, 0) is 54.1 Å². The Bertz CT molecular complexity index is 604. The molecule has 1 heterocycles. The molecule has 106 valence electrons. The number of hydrogen-bond donors (Lipinski definition) is 2. The highest BCUT2D eigenvalue weighted by molar-refractivity contribution is 14.1. The van der Waals surface area contributed by atoms with E-state index in [1.165, 1.54) is 0 Å². The number of aromatic nitrogens is 2. The summed E-state index contributed by atoms with van der Waals surface area (Å²) in [5.74, 6) is 1.43. The fourth-order valence-electron chi connectivity index (χ4n) is 1.68. The summed E-state index contributed by atoms with van der Waals surface area (Å²) in [6.45, 7) is 4.93. The van der Waals surface area contributed by atoms with Crippen molar-refractivity contribution in [1.29, 1.82) is 0 Å². The third kappa shape index (κ3) is 4.21. The van der Waals surface area contributed by atoms with Crippen LogP contribution in [0.3, 0.4) is 0 Å². The zero-order chi connectivity index (χ0) is 14.5. The summed E-state index contributed by atoms with van der Waals surface area (Å²) < 4.78 is 1.05. The number of hydrogen-bond acceptors (Lipinski definition) is 4. The summed E-state index contributed by atoms with van der Waals surface area (Å²) in [7, 11) is 0. The molecule has 0 amide bonds. The molecule has 0 spiro atoms. The lowest BCUT2D eigenvalue weighted by atomic mass is 10.3. The first-order chi connectivity index (χ1) is 9.58. The van der Waals surface area contributed by atoms with Gasteiger partial charge in [0, 0.05) is 26.9 Å². The lowest BCUT2D eigenvalue weighted by Gasteiger charge is -2.11. The molecule has 20 heavy (non-hydrogen) atoms. The lowest BCUT2D eigenvalue weighted by Crippen LogP contribution is -2.07. The number of halogens is 2. The Labute approximate surface area is 137 Å². The third-order valence-corrected chi connectivity index (χ3v) is 3.71. The van der Waals surface area contributed by atoms with Crippen LogP contribution in [-0.2, 0) is 0 Å². The number of nitrogens with zero attached hydrogens (tertiary/aromatic N) is 2. The Kier molecular flexibility index (Phi) is 5.42. The first-order valence-electron chi connectivity index (χ1n) is 6.40. The smallest absolute Gasteiger partial charge is 0.224 e. The second-order valence-electron chi connectivity index (χ2n) is 4.39. The number of aryl methyl sites for hydroxylation is 1. The summed E-state index contributed by atoms with van der Waals surface area (Å²) in [5.41, 5.74) is 1.90. The van der Waals surface area contributed by atoms with Gasteiger partial charge in [-0.25, -0.2) is 4.98 Å². The molecule has 2 aromatic rings. The normalized spacial score (nSPS) is 10.4. The van der Waals surface area contributed by atoms with E-state index in [9.17, 15) is 0 Å². The molecule has 0 fully saturated rings. The van der Waals surface area contributed by atoms with E-state index in [1.807, 2.05) is 31.2 Å². The van der Waals surface area contributed by atoms with Crippen LogP contribution in [0.1, 0.15) is 19.0 Å². The van der Waals surface area contributed by atoms with E-state index >= 15 is 0 Å². The van der Waals surface area contributed by atoms with Crippen LogP contribution >= 0.6 is 34.2 Å². The van der Waals surface area contributed by atoms with E-state index < -0.39 is 0 Å². The average molecular weight is 403 g/mol. The first kappa shape index (κ1) is 15.3. The molecule has 1 aromatic heterocycles. The molecule has 4 nitrogen and oxygen atoms in total. The van der Waals surface area contributed by atoms with E-state index in [-0.39, 0.29) is 0 Å². The second kappa shape index (κ2) is 7.08. The maximum absolute atomic E-state index is 5.96. The van der Waals surface area contributed by atoms with Gasteiger partial charge in [0.15, 0.2) is 0 Å². The zero-order valence-electron chi connectivity index (χ0n) is 11.4. The van der Waals surface area contributed by atoms with Gasteiger partial charge in [-0.1, -0.05) is 18.5 Å². The number of benzene rings is 1. The fraction of sp³-hybridized carbons (Fsp3) is 0.286. The highest BCUT2D eigenvalue weighted by Gasteiger charge is 2.05. The predicted molar refractivity (Wildman–Crippen MR) is 93.0 cm³/mol. The van der Waals surface area contributed by atoms with Gasteiger partial charge in [0.25, 0.3) is 0 Å². The molecule has 0 unspecified atom stereocenters. The number of rotatable bonds is 5. The quantitative estimate of drug-likeness (QED) is 0.717. The number of anilines is 3. The Morgan fingerprint density at radius 1 is 1.25 bits per heavy atom. The topological polar surface area (TPSA) is 49.8 Å². The molecule has 6 heteroatoms. The molecule has 0 radical (unpaired) electrons. The monoisotopic (exact) mass is 402 g/mol. The molecule has 2 N–H and O–H groups in total. The van der Waals surface area contributed by atoms with Crippen LogP contribution in [0.2, 0.25) is 5.02 Å². The van der Waals surface area contributed by atoms with Gasteiger partial charge in [-0.2, -0.15) is 4.98 Å². The van der Waals surface area contributed by atoms with Crippen molar-refractivity contribution < 1.29 is 0 Å². The van der Waals surface area contributed by atoms with Crippen LogP contribution in [0.15, 0.2) is 24.3 Å². The SMILES string of the molecule is CCCNc1nc(C)cc(Nc2ccc(Cl)cc2I)n1. The summed E-state index contributed by atoms with van der Waals surface area (Å²) in [6, 6.07) is 7.63. The third-order valence-electron chi connectivity index (χ3n) is 2.58. The first-order valence-corrected chi connectivity index (χ1v) is 7.86. The standard InChI is InChI=1S/C14H16ClIN4/c1-3-6-17-14-18-9(2)7-13(20-14)19-12-5-4-10(15)8-11(12)16/h4-5,7-8H,3,6H2,1-2H3,(H2,17,18,19,20). The molecule has 2 rings (SSSR count). The van der Waals surface area contributed by atoms with Crippen molar-refractivity contribution in [2.45, 2.75) is 20.3 Å². The Balaban J connectivity index is 2.21. The highest BCUT2D eigenvalue weighted by Crippen LogP contribution is 2.25. The molecule has 0 saturated carbocycles. The Hall–Kier alpha value is -1.08. The Morgan fingerprint density at radius 2 is 2.05 bits per heavy atom. The molecule has 0 aliphatic carbocycles.